The first-order valence-electron chi connectivity index (χ1n) is 1.89. The van der Waals surface area contributed by atoms with E-state index in [0.717, 1.165) is 0 Å². The lowest BCUT2D eigenvalue weighted by Gasteiger charge is -1.98. The van der Waals surface area contributed by atoms with Crippen LogP contribution in [-0.4, -0.2) is 24.3 Å². The topological polar surface area (TPSA) is 142 Å². The Labute approximate surface area is 49.2 Å². The molecule has 0 aromatic rings. The molecule has 11 N–H and O–H groups in total. The fourth-order valence-corrected chi connectivity index (χ4v) is 0.0962. The molecule has 0 spiro atoms. The smallest absolute Gasteiger partial charge is 0.0784 e. The summed E-state index contributed by atoms with van der Waals surface area (Å²) < 4.78 is 0. The van der Waals surface area contributed by atoms with Crippen LogP contribution in [0.5, 0.6) is 0 Å². The van der Waals surface area contributed by atoms with Crippen molar-refractivity contribution in [2.24, 2.45) is 11.5 Å². The first kappa shape index (κ1) is 15.7. The fourth-order valence-electron chi connectivity index (χ4n) is 0.0962. The minimum Gasteiger partial charge on any atom is -0.390 e. The quantitative estimate of drug-likeness (QED) is 0.307. The molecule has 0 unspecified atom stereocenters. The van der Waals surface area contributed by atoms with Crippen molar-refractivity contribution in [2.45, 2.75) is 6.10 Å². The molecule has 0 aromatic carbocycles. The highest BCUT2D eigenvalue weighted by atomic mass is 16.3. The Bertz CT molecular complexity index is 30.5. The zero-order valence-corrected chi connectivity index (χ0v) is 5.01. The number of hydrogen-bond donors (Lipinski definition) is 5. The summed E-state index contributed by atoms with van der Waals surface area (Å²) in [6.45, 7) is 0.521. The molecule has 8 heavy (non-hydrogen) atoms. The second-order valence-electron chi connectivity index (χ2n) is 1.13. The molecule has 0 saturated carbocycles. The molecule has 0 aromatic heterocycles. The van der Waals surface area contributed by atoms with Crippen molar-refractivity contribution >= 4 is 0 Å². The van der Waals surface area contributed by atoms with E-state index in [-0.39, 0.29) is 25.4 Å². The van der Waals surface area contributed by atoms with Crippen molar-refractivity contribution in [1.82, 2.24) is 12.3 Å². The molecule has 0 atom stereocenters. The molecule has 0 amide bonds. The summed E-state index contributed by atoms with van der Waals surface area (Å²) in [6, 6.07) is 0. The lowest BCUT2D eigenvalue weighted by Crippen LogP contribution is -2.27. The molecule has 0 rings (SSSR count). The third-order valence-electron chi connectivity index (χ3n) is 0.544. The monoisotopic (exact) mass is 124 g/mol. The van der Waals surface area contributed by atoms with Crippen LogP contribution in [0.4, 0.5) is 0 Å². The molecule has 5 heteroatoms. The predicted molar refractivity (Wildman–Crippen MR) is 34.2 cm³/mol. The highest BCUT2D eigenvalue weighted by molar-refractivity contribution is 4.52. The fraction of sp³-hybridized carbons (Fsp3) is 1.00. The average molecular weight is 124 g/mol. The third kappa shape index (κ3) is 9.25. The Balaban J connectivity index is -0.000000125. The lowest BCUT2D eigenvalue weighted by atomic mass is 10.4. The molecule has 54 valence electrons. The Morgan fingerprint density at radius 1 is 1.12 bits per heavy atom. The van der Waals surface area contributed by atoms with Gasteiger partial charge in [0.05, 0.1) is 6.10 Å². The second-order valence-corrected chi connectivity index (χ2v) is 1.13. The number of nitrogens with two attached hydrogens (primary N) is 2. The lowest BCUT2D eigenvalue weighted by molar-refractivity contribution is 0.191. The number of hydrogen-bond acceptors (Lipinski definition) is 5. The molecule has 0 bridgehead atoms. The van der Waals surface area contributed by atoms with Crippen molar-refractivity contribution in [3.63, 3.8) is 0 Å². The van der Waals surface area contributed by atoms with Crippen molar-refractivity contribution in [3.05, 3.63) is 0 Å². The highest BCUT2D eigenvalue weighted by Crippen LogP contribution is 1.66. The van der Waals surface area contributed by atoms with Crippen LogP contribution in [0.1, 0.15) is 0 Å². The minimum atomic E-state index is -0.509. The van der Waals surface area contributed by atoms with Gasteiger partial charge < -0.3 is 28.9 Å². The van der Waals surface area contributed by atoms with Gasteiger partial charge in [-0.1, -0.05) is 0 Å². The molecule has 5 nitrogen and oxygen atoms in total. The van der Waals surface area contributed by atoms with Gasteiger partial charge in [-0.2, -0.15) is 0 Å². The van der Waals surface area contributed by atoms with Crippen LogP contribution >= 0.6 is 0 Å². The van der Waals surface area contributed by atoms with Gasteiger partial charge in [0, 0.05) is 13.1 Å². The summed E-state index contributed by atoms with van der Waals surface area (Å²) in [5.41, 5.74) is 9.91. The van der Waals surface area contributed by atoms with Gasteiger partial charge in [0.1, 0.15) is 0 Å². The van der Waals surface area contributed by atoms with Gasteiger partial charge in [-0.15, -0.1) is 0 Å². The summed E-state index contributed by atoms with van der Waals surface area (Å²) in [6.07, 6.45) is -0.509. The van der Waals surface area contributed by atoms with Gasteiger partial charge in [-0.05, 0) is 0 Å². The SMILES string of the molecule is N.N.NCC(O)CN. The number of aliphatic hydroxyl groups excluding tert-OH is 1. The van der Waals surface area contributed by atoms with Crippen LogP contribution in [-0.2, 0) is 0 Å². The Kier molecular flexibility index (Phi) is 19.4. The van der Waals surface area contributed by atoms with Crippen LogP contribution < -0.4 is 23.8 Å². The molecule has 0 fully saturated rings. The van der Waals surface area contributed by atoms with Gasteiger partial charge in [-0.3, -0.25) is 0 Å². The second kappa shape index (κ2) is 9.93. The van der Waals surface area contributed by atoms with E-state index in [2.05, 4.69) is 0 Å². The van der Waals surface area contributed by atoms with Gasteiger partial charge in [-0.25, -0.2) is 0 Å². The minimum absolute atomic E-state index is 0. The van der Waals surface area contributed by atoms with Crippen molar-refractivity contribution in [1.29, 1.82) is 0 Å². The van der Waals surface area contributed by atoms with Crippen LogP contribution in [0.25, 0.3) is 0 Å². The predicted octanol–water partition coefficient (Wildman–Crippen LogP) is -1.41. The number of rotatable bonds is 2. The van der Waals surface area contributed by atoms with Crippen molar-refractivity contribution in [3.8, 4) is 0 Å². The summed E-state index contributed by atoms with van der Waals surface area (Å²) in [5, 5.41) is 8.42. The van der Waals surface area contributed by atoms with Crippen LogP contribution in [0.2, 0.25) is 0 Å². The normalized spacial score (nSPS) is 7.50. The maximum Gasteiger partial charge on any atom is 0.0784 e. The van der Waals surface area contributed by atoms with Gasteiger partial charge in [0.15, 0.2) is 0 Å². The maximum atomic E-state index is 8.42. The molecule has 0 aliphatic rings. The van der Waals surface area contributed by atoms with E-state index in [1.54, 1.807) is 0 Å². The van der Waals surface area contributed by atoms with E-state index in [0.29, 0.717) is 0 Å². The molecule has 0 aliphatic heterocycles. The maximum absolute atomic E-state index is 8.42. The van der Waals surface area contributed by atoms with E-state index < -0.39 is 6.10 Å². The van der Waals surface area contributed by atoms with Gasteiger partial charge in [0.2, 0.25) is 0 Å². The largest absolute Gasteiger partial charge is 0.390 e. The molecule has 0 heterocycles. The van der Waals surface area contributed by atoms with E-state index >= 15 is 0 Å². The summed E-state index contributed by atoms with van der Waals surface area (Å²) >= 11 is 0. The van der Waals surface area contributed by atoms with Crippen LogP contribution in [0.15, 0.2) is 0 Å². The molecule has 0 aliphatic carbocycles. The molecule has 0 saturated heterocycles. The Hall–Kier alpha value is -0.200. The van der Waals surface area contributed by atoms with E-state index in [1.807, 2.05) is 0 Å². The first-order valence-corrected chi connectivity index (χ1v) is 1.89. The van der Waals surface area contributed by atoms with Gasteiger partial charge in [0.25, 0.3) is 0 Å². The van der Waals surface area contributed by atoms with E-state index in [9.17, 15) is 0 Å². The van der Waals surface area contributed by atoms with Crippen LogP contribution in [0, 0.1) is 0 Å². The van der Waals surface area contributed by atoms with Crippen molar-refractivity contribution < 1.29 is 5.11 Å². The van der Waals surface area contributed by atoms with Crippen LogP contribution in [0.3, 0.4) is 0 Å². The van der Waals surface area contributed by atoms with Gasteiger partial charge >= 0.3 is 0 Å². The number of aliphatic hydroxyl groups is 1. The first-order chi connectivity index (χ1) is 2.81. The summed E-state index contributed by atoms with van der Waals surface area (Å²) in [7, 11) is 0. The summed E-state index contributed by atoms with van der Waals surface area (Å²) in [5.74, 6) is 0. The summed E-state index contributed by atoms with van der Waals surface area (Å²) in [4.78, 5) is 0. The highest BCUT2D eigenvalue weighted by Gasteiger charge is 1.91. The Morgan fingerprint density at radius 2 is 1.38 bits per heavy atom. The zero-order valence-electron chi connectivity index (χ0n) is 5.01. The zero-order chi connectivity index (χ0) is 4.99. The average Bonchev–Trinajstić information content (AvgIpc) is 1.65. The third-order valence-corrected chi connectivity index (χ3v) is 0.544. The molecule has 0 radical (unpaired) electrons. The van der Waals surface area contributed by atoms with E-state index in [1.165, 1.54) is 0 Å². The molecular formula is C3H16N4O. The Morgan fingerprint density at radius 3 is 1.38 bits per heavy atom. The standard InChI is InChI=1S/C3H10N2O.2H3N/c4-1-3(6)2-5;;/h3,6H,1-2,4-5H2;2*1H3. The van der Waals surface area contributed by atoms with E-state index in [4.69, 9.17) is 16.6 Å². The van der Waals surface area contributed by atoms with Crippen molar-refractivity contribution in [2.75, 3.05) is 13.1 Å². The molecular weight excluding hydrogens is 108 g/mol.